The first-order valence-electron chi connectivity index (χ1n) is 21.9. The highest BCUT2D eigenvalue weighted by Gasteiger charge is 2.50. The normalized spacial score (nSPS) is 11.8. The molecule has 0 aromatic carbocycles. The van der Waals surface area contributed by atoms with Crippen molar-refractivity contribution in [2.24, 2.45) is 5.41 Å². The summed E-state index contributed by atoms with van der Waals surface area (Å²) in [5, 5.41) is 0. The van der Waals surface area contributed by atoms with Crippen LogP contribution in [0.1, 0.15) is 172 Å². The summed E-state index contributed by atoms with van der Waals surface area (Å²) in [6.45, 7) is 31.2. The fourth-order valence-electron chi connectivity index (χ4n) is 5.15. The molecule has 0 aliphatic rings. The van der Waals surface area contributed by atoms with E-state index in [0.29, 0.717) is 0 Å². The van der Waals surface area contributed by atoms with Gasteiger partial charge in [-0.25, -0.2) is 0 Å². The van der Waals surface area contributed by atoms with Crippen LogP contribution in [0.25, 0.3) is 0 Å². The molecule has 0 aromatic heterocycles. The monoisotopic (exact) mass is 1010 g/mol. The fourth-order valence-corrected chi connectivity index (χ4v) is 22.2. The van der Waals surface area contributed by atoms with E-state index in [9.17, 15) is 0 Å². The van der Waals surface area contributed by atoms with E-state index in [1.54, 1.807) is 43.2 Å². The average Bonchev–Trinajstić information content (AvgIpc) is 3.20. The molecule has 16 heteroatoms. The Labute approximate surface area is 406 Å². The molecular formula is C41H80N4S12. The lowest BCUT2D eigenvalue weighted by Crippen LogP contribution is -2.38. The van der Waals surface area contributed by atoms with Crippen LogP contribution in [0.3, 0.4) is 0 Å². The summed E-state index contributed by atoms with van der Waals surface area (Å²) in [5.41, 5.74) is -0.168. The second-order valence-corrected chi connectivity index (χ2v) is 27.8. The molecule has 0 radical (unpaired) electrons. The molecule has 0 saturated heterocycles. The highest BCUT2D eigenvalue weighted by atomic mass is 33.2. The van der Waals surface area contributed by atoms with E-state index in [1.807, 2.05) is 43.2 Å². The van der Waals surface area contributed by atoms with E-state index in [4.69, 9.17) is 48.9 Å². The molecule has 4 nitrogen and oxygen atoms in total. The SMILES string of the molecule is CCCCN(CCCC)C(=S)SSCC(C)(C)C(SSC(=S)N(CCCC)CCCC)(SSC(=S)N(CCCC)CCCC)SSC(=S)N(CCCC)CCCC. The van der Waals surface area contributed by atoms with Gasteiger partial charge in [-0.15, -0.1) is 0 Å². The number of rotatable bonds is 34. The molecule has 0 N–H and O–H groups in total. The molecule has 0 atom stereocenters. The Morgan fingerprint density at radius 2 is 0.579 bits per heavy atom. The van der Waals surface area contributed by atoms with Gasteiger partial charge in [-0.3, -0.25) is 0 Å². The van der Waals surface area contributed by atoms with Crippen molar-refractivity contribution in [2.75, 3.05) is 58.1 Å². The number of unbranched alkanes of at least 4 members (excludes halogenated alkanes) is 8. The molecule has 0 rings (SSSR count). The van der Waals surface area contributed by atoms with Crippen LogP contribution in [0.15, 0.2) is 0 Å². The van der Waals surface area contributed by atoms with Crippen LogP contribution >= 0.6 is 135 Å². The molecule has 0 unspecified atom stereocenters. The van der Waals surface area contributed by atoms with E-state index >= 15 is 0 Å². The third-order valence-corrected chi connectivity index (χ3v) is 26.8. The Balaban J connectivity index is 6.96. The van der Waals surface area contributed by atoms with Gasteiger partial charge in [0.2, 0.25) is 0 Å². The number of thiocarbonyl (C=S) groups is 4. The van der Waals surface area contributed by atoms with Crippen molar-refractivity contribution in [1.29, 1.82) is 0 Å². The number of hydrogen-bond donors (Lipinski definition) is 0. The summed E-state index contributed by atoms with van der Waals surface area (Å²) in [6, 6.07) is 0. The highest BCUT2D eigenvalue weighted by molar-refractivity contribution is 8.99. The third-order valence-electron chi connectivity index (χ3n) is 9.33. The minimum absolute atomic E-state index is 0.168. The van der Waals surface area contributed by atoms with Crippen molar-refractivity contribution in [3.05, 3.63) is 0 Å². The van der Waals surface area contributed by atoms with Crippen LogP contribution in [0.4, 0.5) is 0 Å². The van der Waals surface area contributed by atoms with Crippen LogP contribution in [-0.2, 0) is 0 Å². The predicted molar refractivity (Wildman–Crippen MR) is 298 cm³/mol. The smallest absolute Gasteiger partial charge is 0.147 e. The quantitative estimate of drug-likeness (QED) is 0.0345. The molecule has 0 amide bonds. The maximum absolute atomic E-state index is 6.29. The van der Waals surface area contributed by atoms with E-state index in [-0.39, 0.29) is 8.83 Å². The van der Waals surface area contributed by atoms with Gasteiger partial charge in [0.25, 0.3) is 0 Å². The Morgan fingerprint density at radius 1 is 0.368 bits per heavy atom. The Morgan fingerprint density at radius 3 is 0.789 bits per heavy atom. The first-order chi connectivity index (χ1) is 27.4. The largest absolute Gasteiger partial charge is 0.357 e. The highest BCUT2D eigenvalue weighted by Crippen LogP contribution is 2.68. The Kier molecular flexibility index (Phi) is 39.3. The number of hydrogen-bond acceptors (Lipinski definition) is 12. The summed E-state index contributed by atoms with van der Waals surface area (Å²) < 4.78 is 3.65. The van der Waals surface area contributed by atoms with Crippen LogP contribution in [0.5, 0.6) is 0 Å². The molecule has 0 fully saturated rings. The van der Waals surface area contributed by atoms with Crippen LogP contribution in [0, 0.1) is 5.41 Å². The number of nitrogens with zero attached hydrogens (tertiary/aromatic N) is 4. The summed E-state index contributed by atoms with van der Waals surface area (Å²) in [4.78, 5) is 9.82. The van der Waals surface area contributed by atoms with Crippen LogP contribution in [0.2, 0.25) is 0 Å². The zero-order valence-electron chi connectivity index (χ0n) is 37.4. The van der Waals surface area contributed by atoms with Gasteiger partial charge in [0.05, 0.1) is 0 Å². The lowest BCUT2D eigenvalue weighted by molar-refractivity contribution is 0.411. The lowest BCUT2D eigenvalue weighted by Gasteiger charge is -2.44. The van der Waals surface area contributed by atoms with E-state index in [2.05, 4.69) is 88.8 Å². The van der Waals surface area contributed by atoms with Gasteiger partial charge in [0, 0.05) is 63.5 Å². The van der Waals surface area contributed by atoms with Crippen LogP contribution < -0.4 is 0 Å². The summed E-state index contributed by atoms with van der Waals surface area (Å²) in [7, 11) is 14.9. The maximum atomic E-state index is 6.29. The fraction of sp³-hybridized carbons (Fsp3) is 0.902. The predicted octanol–water partition coefficient (Wildman–Crippen LogP) is 16.9. The minimum atomic E-state index is -0.353. The van der Waals surface area contributed by atoms with Crippen molar-refractivity contribution in [2.45, 2.75) is 175 Å². The minimum Gasteiger partial charge on any atom is -0.357 e. The first kappa shape index (κ1) is 59.4. The van der Waals surface area contributed by atoms with Crippen molar-refractivity contribution < 1.29 is 0 Å². The molecule has 57 heavy (non-hydrogen) atoms. The van der Waals surface area contributed by atoms with Gasteiger partial charge < -0.3 is 19.6 Å². The summed E-state index contributed by atoms with van der Waals surface area (Å²) >= 11 is 25.0. The zero-order valence-corrected chi connectivity index (χ0v) is 47.2. The second-order valence-electron chi connectivity index (χ2n) is 15.1. The van der Waals surface area contributed by atoms with Crippen molar-refractivity contribution in [3.8, 4) is 0 Å². The molecule has 0 spiro atoms. The molecule has 0 aromatic rings. The van der Waals surface area contributed by atoms with Gasteiger partial charge in [-0.2, -0.15) is 0 Å². The summed E-state index contributed by atoms with van der Waals surface area (Å²) in [6.07, 6.45) is 18.6. The summed E-state index contributed by atoms with van der Waals surface area (Å²) in [5.74, 6) is 0.925. The average molecular weight is 1010 g/mol. The van der Waals surface area contributed by atoms with Gasteiger partial charge in [0.15, 0.2) is 0 Å². The first-order valence-corrected chi connectivity index (χ1v) is 32.3. The van der Waals surface area contributed by atoms with Crippen molar-refractivity contribution in [1.82, 2.24) is 19.6 Å². The van der Waals surface area contributed by atoms with Crippen molar-refractivity contribution in [3.63, 3.8) is 0 Å². The van der Waals surface area contributed by atoms with Crippen LogP contribution in [-0.4, -0.2) is 98.4 Å². The lowest BCUT2D eigenvalue weighted by atomic mass is 9.99. The topological polar surface area (TPSA) is 13.0 Å². The molecule has 336 valence electrons. The maximum Gasteiger partial charge on any atom is 0.147 e. The van der Waals surface area contributed by atoms with Gasteiger partial charge in [0.1, 0.15) is 20.7 Å². The molecule has 0 bridgehead atoms. The van der Waals surface area contributed by atoms with E-state index < -0.39 is 0 Å². The molecule has 0 aliphatic carbocycles. The Bertz CT molecular complexity index is 947. The third kappa shape index (κ3) is 26.0. The van der Waals surface area contributed by atoms with Gasteiger partial charge in [-0.1, -0.05) is 213 Å². The van der Waals surface area contributed by atoms with Gasteiger partial charge in [-0.05, 0) is 94.5 Å². The molecule has 0 heterocycles. The van der Waals surface area contributed by atoms with Crippen molar-refractivity contribution >= 4 is 153 Å². The zero-order chi connectivity index (χ0) is 43.0. The second kappa shape index (κ2) is 37.7. The molecule has 0 saturated carbocycles. The van der Waals surface area contributed by atoms with E-state index in [0.717, 1.165) is 152 Å². The van der Waals surface area contributed by atoms with Gasteiger partial charge >= 0.3 is 0 Å². The molecular weight excluding hydrogens is 933 g/mol. The standard InChI is InChI=1S/C41H80N4S12/c1-11-19-27-42(28-20-12-2)36(46)51-50-35-40(9,10)41(55-52-37(47)43(29-21-13-3)30-22-14-4,56-53-38(48)44(31-23-15-5)32-24-16-6)57-54-39(49)45(33-25-17-7)34-26-18-8/h11-35H2,1-10H3. The molecule has 0 aliphatic heterocycles. The Hall–Kier alpha value is 2.36. The van der Waals surface area contributed by atoms with E-state index in [1.165, 1.54) is 25.7 Å².